The molecule has 1 unspecified atom stereocenters. The smallest absolute Gasteiger partial charge is 0.153 e. The lowest BCUT2D eigenvalue weighted by Gasteiger charge is -2.22. The van der Waals surface area contributed by atoms with E-state index in [4.69, 9.17) is 16.6 Å². The van der Waals surface area contributed by atoms with Crippen molar-refractivity contribution in [2.45, 2.75) is 25.0 Å². The van der Waals surface area contributed by atoms with Crippen molar-refractivity contribution in [3.05, 3.63) is 12.0 Å². The maximum Gasteiger partial charge on any atom is 0.153 e. The van der Waals surface area contributed by atoms with Gasteiger partial charge in [0.2, 0.25) is 0 Å². The van der Waals surface area contributed by atoms with Crippen LogP contribution in [-0.4, -0.2) is 61.5 Å². The Morgan fingerprint density at radius 1 is 1.36 bits per heavy atom. The molecule has 1 aliphatic heterocycles. The Hall–Kier alpha value is -1.84. The molecule has 9 heteroatoms. The number of fused-ring (bicyclic) bond motifs is 1. The summed E-state index contributed by atoms with van der Waals surface area (Å²) in [5.74, 6) is 0.656. The second-order valence-corrected chi connectivity index (χ2v) is 6.03. The van der Waals surface area contributed by atoms with E-state index in [9.17, 15) is 10.2 Å². The van der Waals surface area contributed by atoms with Crippen LogP contribution >= 0.6 is 11.8 Å². The van der Waals surface area contributed by atoms with E-state index in [1.54, 1.807) is 0 Å². The molecule has 22 heavy (non-hydrogen) atoms. The van der Waals surface area contributed by atoms with Crippen LogP contribution in [0.1, 0.15) is 18.5 Å². The van der Waals surface area contributed by atoms with Gasteiger partial charge in [-0.05, 0) is 5.75 Å². The summed E-state index contributed by atoms with van der Waals surface area (Å²) in [7, 11) is 0. The first-order valence-corrected chi connectivity index (χ1v) is 7.86. The van der Waals surface area contributed by atoms with Crippen LogP contribution in [-0.2, 0) is 0 Å². The van der Waals surface area contributed by atoms with Gasteiger partial charge in [-0.2, -0.15) is 11.8 Å². The minimum atomic E-state index is -1.48. The molecule has 0 fully saturated rings. The van der Waals surface area contributed by atoms with Gasteiger partial charge in [-0.25, -0.2) is 9.97 Å². The second-order valence-electron chi connectivity index (χ2n) is 4.76. The number of aliphatic imine (C=N–C) groups is 1. The van der Waals surface area contributed by atoms with E-state index in [-0.39, 0.29) is 17.2 Å². The molecule has 0 aliphatic carbocycles. The van der Waals surface area contributed by atoms with E-state index in [1.807, 2.05) is 6.92 Å². The van der Waals surface area contributed by atoms with Gasteiger partial charge in [-0.3, -0.25) is 4.99 Å². The molecule has 0 spiro atoms. The van der Waals surface area contributed by atoms with Crippen LogP contribution in [0.5, 0.6) is 0 Å². The molecule has 2 heterocycles. The third kappa shape index (κ3) is 3.16. The molecule has 2 rings (SSSR count). The van der Waals surface area contributed by atoms with Gasteiger partial charge < -0.3 is 26.8 Å². The SMILES string of the molecule is CCSCC(=N)[C@H](O)[C@H](O)C(=N)C1C=Nc2c(N)ncnc21. The van der Waals surface area contributed by atoms with E-state index in [0.29, 0.717) is 17.1 Å². The van der Waals surface area contributed by atoms with Crippen molar-refractivity contribution in [2.24, 2.45) is 4.99 Å². The summed E-state index contributed by atoms with van der Waals surface area (Å²) in [4.78, 5) is 11.9. The van der Waals surface area contributed by atoms with E-state index >= 15 is 0 Å². The van der Waals surface area contributed by atoms with Crippen LogP contribution in [0.3, 0.4) is 0 Å². The van der Waals surface area contributed by atoms with Crippen LogP contribution in [0.25, 0.3) is 0 Å². The normalized spacial score (nSPS) is 18.8. The third-order valence-electron chi connectivity index (χ3n) is 3.30. The highest BCUT2D eigenvalue weighted by Crippen LogP contribution is 2.34. The van der Waals surface area contributed by atoms with Gasteiger partial charge in [0, 0.05) is 12.0 Å². The van der Waals surface area contributed by atoms with Crippen molar-refractivity contribution in [1.29, 1.82) is 10.8 Å². The van der Waals surface area contributed by atoms with E-state index < -0.39 is 18.1 Å². The van der Waals surface area contributed by atoms with Crippen LogP contribution < -0.4 is 5.73 Å². The third-order valence-corrected chi connectivity index (χ3v) is 4.22. The number of nitrogens with zero attached hydrogens (tertiary/aromatic N) is 3. The molecule has 0 saturated carbocycles. The van der Waals surface area contributed by atoms with Gasteiger partial charge in [-0.1, -0.05) is 6.92 Å². The number of nitrogens with two attached hydrogens (primary N) is 1. The highest BCUT2D eigenvalue weighted by molar-refractivity contribution is 7.99. The number of nitrogens with one attached hydrogen (secondary N) is 2. The summed E-state index contributed by atoms with van der Waals surface area (Å²) in [6.45, 7) is 1.94. The maximum absolute atomic E-state index is 10.2. The van der Waals surface area contributed by atoms with Crippen molar-refractivity contribution in [1.82, 2.24) is 9.97 Å². The molecule has 0 saturated heterocycles. The number of nitrogen functional groups attached to an aromatic ring is 1. The van der Waals surface area contributed by atoms with Gasteiger partial charge in [0.05, 0.1) is 23.0 Å². The Morgan fingerprint density at radius 3 is 2.77 bits per heavy atom. The molecule has 1 aliphatic rings. The zero-order valence-electron chi connectivity index (χ0n) is 12.0. The number of aliphatic hydroxyl groups excluding tert-OH is 2. The standard InChI is InChI=1S/C13H18N6O2S/c1-2-22-4-7(14)11(20)12(21)8(15)6-3-17-10-9(6)18-5-19-13(10)16/h3,5-6,11-12,14-15,20-21H,2,4H2,1H3,(H2,16,18,19)/t6?,11-,12+/m0/s1. The molecule has 0 bridgehead atoms. The molecule has 1 aromatic rings. The van der Waals surface area contributed by atoms with E-state index in [1.165, 1.54) is 24.3 Å². The van der Waals surface area contributed by atoms with Crippen molar-refractivity contribution >= 4 is 40.9 Å². The topological polar surface area (TPSA) is 152 Å². The fourth-order valence-electron chi connectivity index (χ4n) is 2.06. The van der Waals surface area contributed by atoms with Crippen molar-refractivity contribution in [3.63, 3.8) is 0 Å². The molecule has 8 nitrogen and oxygen atoms in total. The molecular formula is C13H18N6O2S. The van der Waals surface area contributed by atoms with Gasteiger partial charge >= 0.3 is 0 Å². The molecule has 118 valence electrons. The quantitative estimate of drug-likeness (QED) is 0.457. The van der Waals surface area contributed by atoms with E-state index in [2.05, 4.69) is 15.0 Å². The van der Waals surface area contributed by atoms with Crippen molar-refractivity contribution < 1.29 is 10.2 Å². The Morgan fingerprint density at radius 2 is 2.09 bits per heavy atom. The average Bonchev–Trinajstić information content (AvgIpc) is 2.95. The summed E-state index contributed by atoms with van der Waals surface area (Å²) >= 11 is 1.47. The average molecular weight is 322 g/mol. The van der Waals surface area contributed by atoms with Gasteiger partial charge in [0.25, 0.3) is 0 Å². The molecular weight excluding hydrogens is 304 g/mol. The predicted octanol–water partition coefficient (Wildman–Crippen LogP) is 0.373. The Labute approximate surface area is 131 Å². The lowest BCUT2D eigenvalue weighted by atomic mass is 9.93. The van der Waals surface area contributed by atoms with Crippen molar-refractivity contribution in [2.75, 3.05) is 17.2 Å². The number of aliphatic hydroxyl groups is 2. The molecule has 0 amide bonds. The molecule has 0 radical (unpaired) electrons. The summed E-state index contributed by atoms with van der Waals surface area (Å²) < 4.78 is 0. The van der Waals surface area contributed by atoms with Crippen LogP contribution in [0.4, 0.5) is 11.5 Å². The number of hydrogen-bond donors (Lipinski definition) is 5. The lowest BCUT2D eigenvalue weighted by molar-refractivity contribution is 0.103. The Bertz CT molecular complexity index is 621. The van der Waals surface area contributed by atoms with E-state index in [0.717, 1.165) is 5.75 Å². The highest BCUT2D eigenvalue weighted by Gasteiger charge is 2.34. The number of rotatable bonds is 7. The Kier molecular flexibility index (Phi) is 5.22. The number of anilines is 1. The largest absolute Gasteiger partial charge is 0.384 e. The molecule has 3 atom stereocenters. The Balaban J connectivity index is 2.12. The van der Waals surface area contributed by atoms with Crippen LogP contribution in [0.2, 0.25) is 0 Å². The lowest BCUT2D eigenvalue weighted by Crippen LogP contribution is -2.42. The fraction of sp³-hybridized carbons (Fsp3) is 0.462. The fourth-order valence-corrected chi connectivity index (χ4v) is 2.65. The monoisotopic (exact) mass is 322 g/mol. The number of thioether (sulfide) groups is 1. The number of hydrogen-bond acceptors (Lipinski definition) is 9. The van der Waals surface area contributed by atoms with Crippen molar-refractivity contribution in [3.8, 4) is 0 Å². The summed E-state index contributed by atoms with van der Waals surface area (Å²) in [6.07, 6.45) is -0.184. The number of aromatic nitrogens is 2. The van der Waals surface area contributed by atoms with Gasteiger partial charge in [0.15, 0.2) is 5.82 Å². The van der Waals surface area contributed by atoms with Gasteiger partial charge in [-0.15, -0.1) is 0 Å². The first kappa shape index (κ1) is 16.5. The minimum Gasteiger partial charge on any atom is -0.384 e. The first-order chi connectivity index (χ1) is 10.5. The zero-order chi connectivity index (χ0) is 16.3. The second kappa shape index (κ2) is 6.95. The molecule has 1 aromatic heterocycles. The summed E-state index contributed by atoms with van der Waals surface area (Å²) in [5.41, 5.74) is 6.32. The summed E-state index contributed by atoms with van der Waals surface area (Å²) in [6, 6.07) is 0. The first-order valence-electron chi connectivity index (χ1n) is 6.71. The zero-order valence-corrected chi connectivity index (χ0v) is 12.8. The van der Waals surface area contributed by atoms with Crippen LogP contribution in [0, 0.1) is 10.8 Å². The minimum absolute atomic E-state index is 0.0125. The maximum atomic E-state index is 10.2. The van der Waals surface area contributed by atoms with Gasteiger partial charge in [0.1, 0.15) is 24.2 Å². The molecule has 6 N–H and O–H groups in total. The predicted molar refractivity (Wildman–Crippen MR) is 87.8 cm³/mol. The summed E-state index contributed by atoms with van der Waals surface area (Å²) in [5, 5.41) is 36.0. The highest BCUT2D eigenvalue weighted by atomic mass is 32.2. The van der Waals surface area contributed by atoms with Crippen LogP contribution in [0.15, 0.2) is 11.3 Å². The molecule has 0 aromatic carbocycles.